The summed E-state index contributed by atoms with van der Waals surface area (Å²) in [5.41, 5.74) is 1.35. The zero-order valence-corrected chi connectivity index (χ0v) is 10.7. The van der Waals surface area contributed by atoms with Crippen LogP contribution in [0.1, 0.15) is 31.7 Å². The molecular weight excluding hydrogens is 214 g/mol. The number of ether oxygens (including phenoxy) is 2. The van der Waals surface area contributed by atoms with Gasteiger partial charge in [0.25, 0.3) is 0 Å². The minimum absolute atomic E-state index is 0.616. The molecule has 1 heterocycles. The van der Waals surface area contributed by atoms with E-state index in [2.05, 4.69) is 17.4 Å². The van der Waals surface area contributed by atoms with Gasteiger partial charge in [0.2, 0.25) is 0 Å². The minimum Gasteiger partial charge on any atom is -0.490 e. The number of nitrogens with one attached hydrogen (secondary N) is 1. The second kappa shape index (κ2) is 5.92. The molecule has 0 saturated carbocycles. The summed E-state index contributed by atoms with van der Waals surface area (Å²) in [6.07, 6.45) is 1.21. The number of hydrogen-bond donors (Lipinski definition) is 1. The maximum absolute atomic E-state index is 5.64. The fourth-order valence-electron chi connectivity index (χ4n) is 2.26. The molecule has 3 heteroatoms. The molecular formula is C14H21NO2. The zero-order valence-electron chi connectivity index (χ0n) is 10.7. The maximum Gasteiger partial charge on any atom is 0.161 e. The first-order chi connectivity index (χ1) is 8.35. The fraction of sp³-hybridized carbons (Fsp3) is 0.571. The summed E-state index contributed by atoms with van der Waals surface area (Å²) in [4.78, 5) is 0. The normalized spacial score (nSPS) is 19.3. The van der Waals surface area contributed by atoms with Gasteiger partial charge < -0.3 is 14.8 Å². The lowest BCUT2D eigenvalue weighted by atomic mass is 9.98. The van der Waals surface area contributed by atoms with Crippen LogP contribution in [0.15, 0.2) is 18.2 Å². The summed E-state index contributed by atoms with van der Waals surface area (Å²) >= 11 is 0. The molecule has 1 unspecified atom stereocenters. The van der Waals surface area contributed by atoms with Crippen molar-refractivity contribution < 1.29 is 9.47 Å². The van der Waals surface area contributed by atoms with E-state index >= 15 is 0 Å². The van der Waals surface area contributed by atoms with Crippen molar-refractivity contribution in [2.45, 2.75) is 26.2 Å². The van der Waals surface area contributed by atoms with E-state index in [1.165, 1.54) is 12.0 Å². The van der Waals surface area contributed by atoms with Crippen LogP contribution >= 0.6 is 0 Å². The molecule has 0 spiro atoms. The fourth-order valence-corrected chi connectivity index (χ4v) is 2.26. The van der Waals surface area contributed by atoms with Gasteiger partial charge >= 0.3 is 0 Å². The molecule has 1 aromatic rings. The lowest BCUT2D eigenvalue weighted by molar-refractivity contribution is 0.287. The van der Waals surface area contributed by atoms with Crippen molar-refractivity contribution in [3.63, 3.8) is 0 Å². The average molecular weight is 235 g/mol. The van der Waals surface area contributed by atoms with E-state index in [0.717, 1.165) is 24.6 Å². The summed E-state index contributed by atoms with van der Waals surface area (Å²) in [7, 11) is 0. The van der Waals surface area contributed by atoms with Crippen LogP contribution in [-0.4, -0.2) is 26.3 Å². The van der Waals surface area contributed by atoms with Crippen LogP contribution in [0.5, 0.6) is 11.5 Å². The van der Waals surface area contributed by atoms with Crippen LogP contribution in [0.4, 0.5) is 0 Å². The maximum atomic E-state index is 5.64. The lowest BCUT2D eigenvalue weighted by Crippen LogP contribution is -2.08. The van der Waals surface area contributed by atoms with E-state index in [1.807, 2.05) is 19.9 Å². The Morgan fingerprint density at radius 1 is 1.18 bits per heavy atom. The van der Waals surface area contributed by atoms with Gasteiger partial charge in [-0.05, 0) is 50.4 Å². The predicted molar refractivity (Wildman–Crippen MR) is 69.0 cm³/mol. The Bertz CT molecular complexity index is 359. The monoisotopic (exact) mass is 235 g/mol. The van der Waals surface area contributed by atoms with Crippen LogP contribution < -0.4 is 14.8 Å². The Kier molecular flexibility index (Phi) is 4.26. The Morgan fingerprint density at radius 2 is 1.94 bits per heavy atom. The third-order valence-electron chi connectivity index (χ3n) is 3.10. The molecule has 0 aromatic heterocycles. The first-order valence-electron chi connectivity index (χ1n) is 6.45. The van der Waals surface area contributed by atoms with Crippen LogP contribution in [0.3, 0.4) is 0 Å². The zero-order chi connectivity index (χ0) is 12.1. The highest BCUT2D eigenvalue weighted by atomic mass is 16.5. The third kappa shape index (κ3) is 2.91. The topological polar surface area (TPSA) is 30.5 Å². The van der Waals surface area contributed by atoms with E-state index in [4.69, 9.17) is 9.47 Å². The molecule has 1 N–H and O–H groups in total. The minimum atomic E-state index is 0.616. The van der Waals surface area contributed by atoms with Crippen molar-refractivity contribution in [2.24, 2.45) is 0 Å². The van der Waals surface area contributed by atoms with Gasteiger partial charge in [-0.3, -0.25) is 0 Å². The van der Waals surface area contributed by atoms with Gasteiger partial charge in [0.15, 0.2) is 11.5 Å². The standard InChI is InChI=1S/C14H21NO2/c1-3-16-13-6-5-11(9-14(13)17-4-2)12-7-8-15-10-12/h5-6,9,12,15H,3-4,7-8,10H2,1-2H3. The number of hydrogen-bond acceptors (Lipinski definition) is 3. The molecule has 0 bridgehead atoms. The highest BCUT2D eigenvalue weighted by molar-refractivity contribution is 5.44. The first kappa shape index (κ1) is 12.2. The summed E-state index contributed by atoms with van der Waals surface area (Å²) in [6, 6.07) is 6.32. The van der Waals surface area contributed by atoms with Crippen molar-refractivity contribution in [1.29, 1.82) is 0 Å². The first-order valence-corrected chi connectivity index (χ1v) is 6.45. The van der Waals surface area contributed by atoms with Crippen molar-refractivity contribution in [3.8, 4) is 11.5 Å². The number of rotatable bonds is 5. The molecule has 1 saturated heterocycles. The second-order valence-electron chi connectivity index (χ2n) is 4.26. The van der Waals surface area contributed by atoms with Crippen molar-refractivity contribution in [1.82, 2.24) is 5.32 Å². The Balaban J connectivity index is 2.20. The Hall–Kier alpha value is -1.22. The molecule has 0 amide bonds. The average Bonchev–Trinajstić information content (AvgIpc) is 2.85. The van der Waals surface area contributed by atoms with E-state index in [-0.39, 0.29) is 0 Å². The van der Waals surface area contributed by atoms with Gasteiger partial charge in [-0.2, -0.15) is 0 Å². The van der Waals surface area contributed by atoms with Crippen LogP contribution in [0, 0.1) is 0 Å². The molecule has 1 aliphatic rings. The molecule has 2 rings (SSSR count). The molecule has 1 aromatic carbocycles. The van der Waals surface area contributed by atoms with Gasteiger partial charge in [0.1, 0.15) is 0 Å². The smallest absolute Gasteiger partial charge is 0.161 e. The lowest BCUT2D eigenvalue weighted by Gasteiger charge is -2.15. The van der Waals surface area contributed by atoms with Gasteiger partial charge in [-0.1, -0.05) is 6.07 Å². The van der Waals surface area contributed by atoms with E-state index in [9.17, 15) is 0 Å². The van der Waals surface area contributed by atoms with E-state index < -0.39 is 0 Å². The predicted octanol–water partition coefficient (Wildman–Crippen LogP) is 2.56. The summed E-state index contributed by atoms with van der Waals surface area (Å²) < 4.78 is 11.2. The van der Waals surface area contributed by atoms with Gasteiger partial charge in [0.05, 0.1) is 13.2 Å². The molecule has 1 fully saturated rings. The van der Waals surface area contributed by atoms with Crippen LogP contribution in [0.25, 0.3) is 0 Å². The molecule has 0 radical (unpaired) electrons. The van der Waals surface area contributed by atoms with Gasteiger partial charge in [-0.25, -0.2) is 0 Å². The molecule has 17 heavy (non-hydrogen) atoms. The van der Waals surface area contributed by atoms with Crippen molar-refractivity contribution >= 4 is 0 Å². The molecule has 94 valence electrons. The Labute approximate surface area is 103 Å². The molecule has 1 aliphatic heterocycles. The summed E-state index contributed by atoms with van der Waals surface area (Å²) in [6.45, 7) is 7.52. The largest absolute Gasteiger partial charge is 0.490 e. The summed E-state index contributed by atoms with van der Waals surface area (Å²) in [5, 5.41) is 3.39. The number of benzene rings is 1. The second-order valence-corrected chi connectivity index (χ2v) is 4.26. The van der Waals surface area contributed by atoms with Crippen molar-refractivity contribution in [2.75, 3.05) is 26.3 Å². The van der Waals surface area contributed by atoms with Crippen molar-refractivity contribution in [3.05, 3.63) is 23.8 Å². The van der Waals surface area contributed by atoms with Gasteiger partial charge in [0, 0.05) is 6.54 Å². The molecule has 3 nitrogen and oxygen atoms in total. The highest BCUT2D eigenvalue weighted by Crippen LogP contribution is 2.33. The summed E-state index contributed by atoms with van der Waals surface area (Å²) in [5.74, 6) is 2.34. The SMILES string of the molecule is CCOc1ccc(C2CCNC2)cc1OCC. The quantitative estimate of drug-likeness (QED) is 0.851. The third-order valence-corrected chi connectivity index (χ3v) is 3.10. The Morgan fingerprint density at radius 3 is 2.59 bits per heavy atom. The molecule has 1 atom stereocenters. The highest BCUT2D eigenvalue weighted by Gasteiger charge is 2.18. The van der Waals surface area contributed by atoms with E-state index in [1.54, 1.807) is 0 Å². The van der Waals surface area contributed by atoms with Gasteiger partial charge in [-0.15, -0.1) is 0 Å². The van der Waals surface area contributed by atoms with Crippen LogP contribution in [0.2, 0.25) is 0 Å². The van der Waals surface area contributed by atoms with E-state index in [0.29, 0.717) is 19.1 Å². The van der Waals surface area contributed by atoms with Crippen LogP contribution in [-0.2, 0) is 0 Å². The molecule has 0 aliphatic carbocycles.